The maximum absolute atomic E-state index is 10.7. The number of carboxylic acids is 1. The Morgan fingerprint density at radius 2 is 2.00 bits per heavy atom. The van der Waals surface area contributed by atoms with E-state index in [1.807, 2.05) is 18.2 Å². The minimum absolute atomic E-state index is 0. The molecule has 0 aliphatic carbocycles. The molecule has 4 heteroatoms. The number of benzene rings is 1. The molecule has 1 aromatic carbocycles. The van der Waals surface area contributed by atoms with Gasteiger partial charge in [0.15, 0.2) is 0 Å². The van der Waals surface area contributed by atoms with Crippen molar-refractivity contribution in [1.82, 2.24) is 4.98 Å². The minimum atomic E-state index is -0.896. The van der Waals surface area contributed by atoms with Gasteiger partial charge in [0.1, 0.15) is 0 Å². The molecule has 2 aromatic rings. The van der Waals surface area contributed by atoms with E-state index in [-0.39, 0.29) is 12.4 Å². The lowest BCUT2D eigenvalue weighted by Gasteiger charge is -1.89. The van der Waals surface area contributed by atoms with Gasteiger partial charge in [-0.25, -0.2) is 4.79 Å². The second-order valence-corrected chi connectivity index (χ2v) is 2.55. The van der Waals surface area contributed by atoms with E-state index in [0.717, 1.165) is 10.9 Å². The lowest BCUT2D eigenvalue weighted by atomic mass is 10.2. The average Bonchev–Trinajstić information content (AvgIpc) is 2.47. The first-order valence-corrected chi connectivity index (χ1v) is 3.58. The van der Waals surface area contributed by atoms with Gasteiger partial charge in [0.2, 0.25) is 0 Å². The SMILES string of the molecule is Cl.O=C(O)c1c[nH]c2ccccc12. The molecule has 0 saturated heterocycles. The van der Waals surface area contributed by atoms with Gasteiger partial charge >= 0.3 is 5.97 Å². The summed E-state index contributed by atoms with van der Waals surface area (Å²) in [7, 11) is 0. The van der Waals surface area contributed by atoms with Crippen molar-refractivity contribution in [3.8, 4) is 0 Å². The van der Waals surface area contributed by atoms with Crippen molar-refractivity contribution in [1.29, 1.82) is 0 Å². The molecular weight excluding hydrogens is 190 g/mol. The second-order valence-electron chi connectivity index (χ2n) is 2.55. The number of hydrogen-bond donors (Lipinski definition) is 2. The van der Waals surface area contributed by atoms with Crippen LogP contribution in [-0.4, -0.2) is 16.1 Å². The van der Waals surface area contributed by atoms with E-state index in [2.05, 4.69) is 4.98 Å². The molecule has 1 aromatic heterocycles. The first-order valence-electron chi connectivity index (χ1n) is 3.58. The first-order chi connectivity index (χ1) is 5.79. The zero-order chi connectivity index (χ0) is 8.55. The largest absolute Gasteiger partial charge is 0.478 e. The van der Waals surface area contributed by atoms with Crippen molar-refractivity contribution >= 4 is 29.3 Å². The fraction of sp³-hybridized carbons (Fsp3) is 0. The number of aromatic carboxylic acids is 1. The van der Waals surface area contributed by atoms with Crippen LogP contribution < -0.4 is 0 Å². The van der Waals surface area contributed by atoms with E-state index in [1.54, 1.807) is 6.07 Å². The van der Waals surface area contributed by atoms with Crippen molar-refractivity contribution < 1.29 is 9.90 Å². The Morgan fingerprint density at radius 3 is 2.69 bits per heavy atom. The highest BCUT2D eigenvalue weighted by atomic mass is 35.5. The van der Waals surface area contributed by atoms with Crippen LogP contribution in [0.3, 0.4) is 0 Å². The fourth-order valence-corrected chi connectivity index (χ4v) is 1.25. The van der Waals surface area contributed by atoms with E-state index in [0.29, 0.717) is 5.56 Å². The van der Waals surface area contributed by atoms with Crippen molar-refractivity contribution in [3.63, 3.8) is 0 Å². The first kappa shape index (κ1) is 9.61. The molecule has 13 heavy (non-hydrogen) atoms. The zero-order valence-corrected chi connectivity index (χ0v) is 7.47. The molecule has 0 radical (unpaired) electrons. The van der Waals surface area contributed by atoms with Crippen LogP contribution in [0.4, 0.5) is 0 Å². The molecule has 2 rings (SSSR count). The summed E-state index contributed by atoms with van der Waals surface area (Å²) in [5, 5.41) is 9.51. The molecule has 3 nitrogen and oxygen atoms in total. The third-order valence-corrected chi connectivity index (χ3v) is 1.82. The topological polar surface area (TPSA) is 53.1 Å². The van der Waals surface area contributed by atoms with E-state index in [4.69, 9.17) is 5.11 Å². The Hall–Kier alpha value is -1.48. The standard InChI is InChI=1S/C9H7NO2.ClH/c11-9(12)7-5-10-8-4-2-1-3-6(7)8;/h1-5,10H,(H,11,12);1H. The van der Waals surface area contributed by atoms with Crippen LogP contribution in [0.2, 0.25) is 0 Å². The molecular formula is C9H8ClNO2. The predicted molar refractivity (Wildman–Crippen MR) is 52.5 cm³/mol. The van der Waals surface area contributed by atoms with Crippen molar-refractivity contribution in [3.05, 3.63) is 36.0 Å². The van der Waals surface area contributed by atoms with Crippen LogP contribution in [0.15, 0.2) is 30.5 Å². The van der Waals surface area contributed by atoms with Crippen LogP contribution in [0.5, 0.6) is 0 Å². The van der Waals surface area contributed by atoms with Gasteiger partial charge in [-0.1, -0.05) is 18.2 Å². The second kappa shape index (κ2) is 3.49. The Labute approximate surface area is 80.8 Å². The van der Waals surface area contributed by atoms with Gasteiger partial charge in [-0.05, 0) is 6.07 Å². The van der Waals surface area contributed by atoms with Gasteiger partial charge in [-0.3, -0.25) is 0 Å². The number of fused-ring (bicyclic) bond motifs is 1. The molecule has 0 aliphatic heterocycles. The Kier molecular flexibility index (Phi) is 2.58. The van der Waals surface area contributed by atoms with E-state index < -0.39 is 5.97 Å². The Balaban J connectivity index is 0.000000845. The number of rotatable bonds is 1. The summed E-state index contributed by atoms with van der Waals surface area (Å²) in [5.41, 5.74) is 1.18. The molecule has 0 saturated carbocycles. The molecule has 0 aliphatic rings. The molecule has 1 heterocycles. The van der Waals surface area contributed by atoms with Crippen molar-refractivity contribution in [2.75, 3.05) is 0 Å². The maximum Gasteiger partial charge on any atom is 0.337 e. The molecule has 0 atom stereocenters. The fourth-order valence-electron chi connectivity index (χ4n) is 1.25. The zero-order valence-electron chi connectivity index (χ0n) is 6.65. The number of aromatic amines is 1. The van der Waals surface area contributed by atoms with E-state index in [9.17, 15) is 4.79 Å². The molecule has 0 bridgehead atoms. The number of aromatic nitrogens is 1. The monoisotopic (exact) mass is 197 g/mol. The van der Waals surface area contributed by atoms with Crippen molar-refractivity contribution in [2.24, 2.45) is 0 Å². The van der Waals surface area contributed by atoms with Crippen LogP contribution in [0.1, 0.15) is 10.4 Å². The maximum atomic E-state index is 10.7. The Bertz CT molecular complexity index is 436. The minimum Gasteiger partial charge on any atom is -0.478 e. The predicted octanol–water partition coefficient (Wildman–Crippen LogP) is 2.29. The third kappa shape index (κ3) is 1.51. The van der Waals surface area contributed by atoms with Crippen LogP contribution in [0, 0.1) is 0 Å². The highest BCUT2D eigenvalue weighted by Gasteiger charge is 2.08. The average molecular weight is 198 g/mol. The summed E-state index contributed by atoms with van der Waals surface area (Å²) in [6.45, 7) is 0. The van der Waals surface area contributed by atoms with Crippen LogP contribution >= 0.6 is 12.4 Å². The van der Waals surface area contributed by atoms with Gasteiger partial charge in [0.05, 0.1) is 5.56 Å². The number of carboxylic acid groups (broad SMARTS) is 1. The van der Waals surface area contributed by atoms with E-state index >= 15 is 0 Å². The molecule has 2 N–H and O–H groups in total. The van der Waals surface area contributed by atoms with Gasteiger partial charge in [-0.15, -0.1) is 12.4 Å². The lowest BCUT2D eigenvalue weighted by Crippen LogP contribution is -1.92. The smallest absolute Gasteiger partial charge is 0.337 e. The van der Waals surface area contributed by atoms with Crippen LogP contribution in [-0.2, 0) is 0 Å². The molecule has 0 unspecified atom stereocenters. The summed E-state index contributed by atoms with van der Waals surface area (Å²) < 4.78 is 0. The summed E-state index contributed by atoms with van der Waals surface area (Å²) in [4.78, 5) is 13.5. The molecule has 0 fully saturated rings. The Morgan fingerprint density at radius 1 is 1.31 bits per heavy atom. The highest BCUT2D eigenvalue weighted by Crippen LogP contribution is 2.16. The van der Waals surface area contributed by atoms with Gasteiger partial charge in [-0.2, -0.15) is 0 Å². The molecule has 68 valence electrons. The quantitative estimate of drug-likeness (QED) is 0.737. The van der Waals surface area contributed by atoms with E-state index in [1.165, 1.54) is 6.20 Å². The molecule has 0 amide bonds. The summed E-state index contributed by atoms with van der Waals surface area (Å²) >= 11 is 0. The number of H-pyrrole nitrogens is 1. The summed E-state index contributed by atoms with van der Waals surface area (Å²) in [6, 6.07) is 7.32. The van der Waals surface area contributed by atoms with Crippen LogP contribution in [0.25, 0.3) is 10.9 Å². The normalized spacial score (nSPS) is 9.54. The lowest BCUT2D eigenvalue weighted by molar-refractivity contribution is 0.0699. The summed E-state index contributed by atoms with van der Waals surface area (Å²) in [5.74, 6) is -0.896. The highest BCUT2D eigenvalue weighted by molar-refractivity contribution is 6.02. The molecule has 0 spiro atoms. The number of carbonyl (C=O) groups is 1. The third-order valence-electron chi connectivity index (χ3n) is 1.82. The number of para-hydroxylation sites is 1. The van der Waals surface area contributed by atoms with Gasteiger partial charge < -0.3 is 10.1 Å². The number of halogens is 1. The number of nitrogens with one attached hydrogen (secondary N) is 1. The number of hydrogen-bond acceptors (Lipinski definition) is 1. The van der Waals surface area contributed by atoms with Crippen molar-refractivity contribution in [2.45, 2.75) is 0 Å². The van der Waals surface area contributed by atoms with Gasteiger partial charge in [0, 0.05) is 17.1 Å². The van der Waals surface area contributed by atoms with Gasteiger partial charge in [0.25, 0.3) is 0 Å². The summed E-state index contributed by atoms with van der Waals surface area (Å²) in [6.07, 6.45) is 1.51.